The van der Waals surface area contributed by atoms with Gasteiger partial charge in [0.15, 0.2) is 5.78 Å². The van der Waals surface area contributed by atoms with E-state index in [1.54, 1.807) is 43.3 Å². The molecular weight excluding hydrogens is 619 g/mol. The summed E-state index contributed by atoms with van der Waals surface area (Å²) < 4.78 is 5.50. The van der Waals surface area contributed by atoms with Crippen LogP contribution in [0.4, 0.5) is 0 Å². The first-order valence-corrected chi connectivity index (χ1v) is 17.1. The SMILES string of the molecule is COc1cccc([C@@H](NC[C@@H](CC(=O)c2cccc(C(=O)N(C)Cc3nc(C)cs3)c2)Cc2ccccc2)[C@H](O)Cc2ccccc2)c1. The Kier molecular flexibility index (Phi) is 12.3. The molecule has 1 amide bonds. The van der Waals surface area contributed by atoms with Gasteiger partial charge in [-0.15, -0.1) is 11.3 Å². The summed E-state index contributed by atoms with van der Waals surface area (Å²) in [4.78, 5) is 33.2. The van der Waals surface area contributed by atoms with Crippen LogP contribution in [0, 0.1) is 12.8 Å². The Hall–Kier alpha value is -4.63. The monoisotopic (exact) mass is 661 g/mol. The van der Waals surface area contributed by atoms with Crippen molar-refractivity contribution in [1.29, 1.82) is 0 Å². The Morgan fingerprint density at radius 1 is 0.875 bits per heavy atom. The van der Waals surface area contributed by atoms with Gasteiger partial charge in [-0.25, -0.2) is 4.98 Å². The fraction of sp³-hybridized carbons (Fsp3) is 0.275. The van der Waals surface area contributed by atoms with Crippen molar-refractivity contribution in [1.82, 2.24) is 15.2 Å². The molecule has 2 N–H and O–H groups in total. The minimum atomic E-state index is -0.722. The standard InChI is InChI=1S/C40H43N3O4S/c1-28-27-48-38(42-28)26-43(2)40(46)34-18-10-16-32(23-34)36(44)22-31(20-29-12-6-4-7-13-29)25-41-39(33-17-11-19-35(24-33)47-3)37(45)21-30-14-8-5-9-15-30/h4-19,23-24,27,31,37,39,41,45H,20-22,25-26H2,1-3H3/t31-,37-,39-/m1/s1. The van der Waals surface area contributed by atoms with Gasteiger partial charge >= 0.3 is 0 Å². The first-order chi connectivity index (χ1) is 23.3. The normalized spacial score (nSPS) is 13.0. The van der Waals surface area contributed by atoms with Gasteiger partial charge < -0.3 is 20.1 Å². The molecule has 5 aromatic rings. The van der Waals surface area contributed by atoms with Crippen LogP contribution in [0.15, 0.2) is 115 Å². The van der Waals surface area contributed by atoms with Gasteiger partial charge in [0, 0.05) is 42.1 Å². The molecule has 0 unspecified atom stereocenters. The van der Waals surface area contributed by atoms with Gasteiger partial charge in [0.1, 0.15) is 10.8 Å². The highest BCUT2D eigenvalue weighted by Gasteiger charge is 2.25. The molecule has 7 nitrogen and oxygen atoms in total. The summed E-state index contributed by atoms with van der Waals surface area (Å²) in [6, 6.07) is 34.4. The van der Waals surface area contributed by atoms with Gasteiger partial charge in [-0.1, -0.05) is 84.9 Å². The summed E-state index contributed by atoms with van der Waals surface area (Å²) in [6.45, 7) is 2.83. The number of benzene rings is 4. The van der Waals surface area contributed by atoms with Crippen molar-refractivity contribution in [2.45, 2.75) is 44.9 Å². The predicted octanol–water partition coefficient (Wildman–Crippen LogP) is 7.10. The van der Waals surface area contributed by atoms with Crippen LogP contribution in [-0.2, 0) is 19.4 Å². The molecule has 0 spiro atoms. The predicted molar refractivity (Wildman–Crippen MR) is 192 cm³/mol. The number of nitrogens with zero attached hydrogens (tertiary/aromatic N) is 2. The number of aromatic nitrogens is 1. The molecule has 5 rings (SSSR count). The van der Waals surface area contributed by atoms with Crippen molar-refractivity contribution < 1.29 is 19.4 Å². The number of thiazole rings is 1. The molecule has 248 valence electrons. The maximum atomic E-state index is 13.8. The van der Waals surface area contributed by atoms with Crippen molar-refractivity contribution in [2.75, 3.05) is 20.7 Å². The topological polar surface area (TPSA) is 91.8 Å². The van der Waals surface area contributed by atoms with E-state index in [0.717, 1.165) is 27.4 Å². The molecule has 0 aliphatic heterocycles. The van der Waals surface area contributed by atoms with Crippen LogP contribution in [0.5, 0.6) is 5.75 Å². The van der Waals surface area contributed by atoms with E-state index >= 15 is 0 Å². The van der Waals surface area contributed by atoms with Crippen molar-refractivity contribution in [3.63, 3.8) is 0 Å². The van der Waals surface area contributed by atoms with Crippen LogP contribution in [0.25, 0.3) is 0 Å². The third-order valence-corrected chi connectivity index (χ3v) is 9.36. The molecule has 4 aromatic carbocycles. The number of aliphatic hydroxyl groups is 1. The molecule has 1 aromatic heterocycles. The second-order valence-electron chi connectivity index (χ2n) is 12.2. The fourth-order valence-electron chi connectivity index (χ4n) is 5.92. The number of ether oxygens (including phenoxy) is 1. The third kappa shape index (κ3) is 9.70. The molecule has 48 heavy (non-hydrogen) atoms. The average Bonchev–Trinajstić information content (AvgIpc) is 3.52. The lowest BCUT2D eigenvalue weighted by molar-refractivity contribution is 0.0785. The number of carbonyl (C=O) groups is 2. The number of aryl methyl sites for hydroxylation is 1. The van der Waals surface area contributed by atoms with Crippen molar-refractivity contribution in [3.8, 4) is 5.75 Å². The van der Waals surface area contributed by atoms with Crippen LogP contribution >= 0.6 is 11.3 Å². The zero-order valence-corrected chi connectivity index (χ0v) is 28.5. The number of nitrogens with one attached hydrogen (secondary N) is 1. The minimum absolute atomic E-state index is 0.0339. The highest BCUT2D eigenvalue weighted by molar-refractivity contribution is 7.09. The number of carbonyl (C=O) groups excluding carboxylic acids is 2. The molecule has 0 radical (unpaired) electrons. The highest BCUT2D eigenvalue weighted by atomic mass is 32.1. The molecule has 8 heteroatoms. The number of ketones is 1. The Balaban J connectivity index is 1.33. The quantitative estimate of drug-likeness (QED) is 0.110. The molecule has 0 saturated heterocycles. The van der Waals surface area contributed by atoms with Crippen LogP contribution in [0.3, 0.4) is 0 Å². The Morgan fingerprint density at radius 3 is 2.21 bits per heavy atom. The zero-order chi connectivity index (χ0) is 33.9. The molecule has 0 aliphatic carbocycles. The Labute approximate surface area is 287 Å². The van der Waals surface area contributed by atoms with Crippen LogP contribution < -0.4 is 10.1 Å². The van der Waals surface area contributed by atoms with E-state index in [-0.39, 0.29) is 24.0 Å². The third-order valence-electron chi connectivity index (χ3n) is 8.41. The summed E-state index contributed by atoms with van der Waals surface area (Å²) in [5.41, 5.74) is 4.98. The van der Waals surface area contributed by atoms with E-state index in [1.165, 1.54) is 11.3 Å². The van der Waals surface area contributed by atoms with Gasteiger partial charge in [-0.05, 0) is 66.8 Å². The van der Waals surface area contributed by atoms with Gasteiger partial charge in [-0.2, -0.15) is 0 Å². The van der Waals surface area contributed by atoms with Crippen molar-refractivity contribution in [3.05, 3.63) is 153 Å². The maximum Gasteiger partial charge on any atom is 0.253 e. The van der Waals surface area contributed by atoms with E-state index in [2.05, 4.69) is 22.4 Å². The number of methoxy groups -OCH3 is 1. The lowest BCUT2D eigenvalue weighted by atomic mass is 9.90. The summed E-state index contributed by atoms with van der Waals surface area (Å²) in [5.74, 6) is 0.443. The molecule has 3 atom stereocenters. The number of amides is 1. The van der Waals surface area contributed by atoms with Gasteiger partial charge in [0.25, 0.3) is 5.91 Å². The van der Waals surface area contributed by atoms with Gasteiger partial charge in [0.2, 0.25) is 0 Å². The summed E-state index contributed by atoms with van der Waals surface area (Å²) in [7, 11) is 3.38. The summed E-state index contributed by atoms with van der Waals surface area (Å²) in [5, 5.41) is 18.0. The minimum Gasteiger partial charge on any atom is -0.497 e. The molecular formula is C40H43N3O4S. The average molecular weight is 662 g/mol. The Morgan fingerprint density at radius 2 is 1.54 bits per heavy atom. The lowest BCUT2D eigenvalue weighted by Crippen LogP contribution is -2.37. The number of hydrogen-bond acceptors (Lipinski definition) is 7. The fourth-order valence-corrected chi connectivity index (χ4v) is 6.74. The first kappa shape index (κ1) is 34.7. The van der Waals surface area contributed by atoms with E-state index in [9.17, 15) is 14.7 Å². The number of aliphatic hydroxyl groups excluding tert-OH is 1. The smallest absolute Gasteiger partial charge is 0.253 e. The van der Waals surface area contributed by atoms with Crippen LogP contribution in [-0.4, -0.2) is 53.5 Å². The number of hydrogen-bond donors (Lipinski definition) is 2. The molecule has 1 heterocycles. The largest absolute Gasteiger partial charge is 0.497 e. The maximum absolute atomic E-state index is 13.8. The molecule has 0 saturated carbocycles. The van der Waals surface area contributed by atoms with E-state index in [0.29, 0.717) is 42.8 Å². The second-order valence-corrected chi connectivity index (χ2v) is 13.2. The molecule has 0 fully saturated rings. The number of Topliss-reactive ketones (excluding diaryl/α,β-unsaturated/α-hetero) is 1. The van der Waals surface area contributed by atoms with E-state index in [4.69, 9.17) is 4.74 Å². The second kappa shape index (κ2) is 17.0. The summed E-state index contributed by atoms with van der Waals surface area (Å²) >= 11 is 1.53. The number of rotatable bonds is 16. The van der Waals surface area contributed by atoms with E-state index < -0.39 is 12.1 Å². The molecule has 0 aliphatic rings. The van der Waals surface area contributed by atoms with Gasteiger partial charge in [0.05, 0.1) is 25.8 Å². The zero-order valence-electron chi connectivity index (χ0n) is 27.7. The lowest BCUT2D eigenvalue weighted by Gasteiger charge is -2.28. The van der Waals surface area contributed by atoms with E-state index in [1.807, 2.05) is 85.1 Å². The highest BCUT2D eigenvalue weighted by Crippen LogP contribution is 2.26. The van der Waals surface area contributed by atoms with Crippen LogP contribution in [0.2, 0.25) is 0 Å². The molecule has 0 bridgehead atoms. The Bertz CT molecular complexity index is 1780. The first-order valence-electron chi connectivity index (χ1n) is 16.2. The van der Waals surface area contributed by atoms with Crippen LogP contribution in [0.1, 0.15) is 60.6 Å². The van der Waals surface area contributed by atoms with Gasteiger partial charge in [-0.3, -0.25) is 9.59 Å². The summed E-state index contributed by atoms with van der Waals surface area (Å²) in [6.07, 6.45) is 0.692. The van der Waals surface area contributed by atoms with Crippen molar-refractivity contribution >= 4 is 23.0 Å². The van der Waals surface area contributed by atoms with Crippen molar-refractivity contribution in [2.24, 2.45) is 5.92 Å².